The van der Waals surface area contributed by atoms with Gasteiger partial charge in [-0.05, 0) is 49.4 Å². The third-order valence-electron chi connectivity index (χ3n) is 3.66. The van der Waals surface area contributed by atoms with E-state index in [1.807, 2.05) is 18.7 Å². The number of hydrogen-bond donors (Lipinski definition) is 1. The zero-order chi connectivity index (χ0) is 15.6. The molecule has 1 saturated carbocycles. The molecule has 0 aromatic heterocycles. The van der Waals surface area contributed by atoms with Gasteiger partial charge in [-0.25, -0.2) is 0 Å². The van der Waals surface area contributed by atoms with Crippen molar-refractivity contribution in [3.8, 4) is 0 Å². The molecule has 1 aliphatic rings. The highest BCUT2D eigenvalue weighted by Crippen LogP contribution is 2.41. The SMILES string of the molecule is CC(C)CN(c1ccc(CCN)cc1C(F)(F)F)C1CC1. The molecule has 1 aromatic rings. The fourth-order valence-corrected chi connectivity index (χ4v) is 2.61. The summed E-state index contributed by atoms with van der Waals surface area (Å²) in [6.07, 6.45) is -1.90. The number of alkyl halides is 3. The summed E-state index contributed by atoms with van der Waals surface area (Å²) in [5.74, 6) is 0.329. The van der Waals surface area contributed by atoms with E-state index in [2.05, 4.69) is 0 Å². The van der Waals surface area contributed by atoms with E-state index < -0.39 is 11.7 Å². The Labute approximate surface area is 124 Å². The molecule has 1 aliphatic carbocycles. The summed E-state index contributed by atoms with van der Waals surface area (Å²) in [7, 11) is 0. The molecule has 0 unspecified atom stereocenters. The van der Waals surface area contributed by atoms with Crippen molar-refractivity contribution in [2.24, 2.45) is 11.7 Å². The van der Waals surface area contributed by atoms with Crippen LogP contribution in [0.3, 0.4) is 0 Å². The van der Waals surface area contributed by atoms with Crippen molar-refractivity contribution >= 4 is 5.69 Å². The fraction of sp³-hybridized carbons (Fsp3) is 0.625. The van der Waals surface area contributed by atoms with Crippen molar-refractivity contribution < 1.29 is 13.2 Å². The quantitative estimate of drug-likeness (QED) is 0.865. The minimum atomic E-state index is -4.33. The Morgan fingerprint density at radius 2 is 1.95 bits per heavy atom. The van der Waals surface area contributed by atoms with Crippen LogP contribution in [0.1, 0.15) is 37.8 Å². The first-order valence-corrected chi connectivity index (χ1v) is 7.49. The Morgan fingerprint density at radius 1 is 1.29 bits per heavy atom. The third-order valence-corrected chi connectivity index (χ3v) is 3.66. The van der Waals surface area contributed by atoms with Gasteiger partial charge in [0, 0.05) is 18.3 Å². The molecule has 2 nitrogen and oxygen atoms in total. The molecule has 1 aromatic carbocycles. The van der Waals surface area contributed by atoms with E-state index in [1.54, 1.807) is 12.1 Å². The molecule has 0 amide bonds. The van der Waals surface area contributed by atoms with Gasteiger partial charge in [0.15, 0.2) is 0 Å². The van der Waals surface area contributed by atoms with Gasteiger partial charge >= 0.3 is 6.18 Å². The monoisotopic (exact) mass is 300 g/mol. The highest BCUT2D eigenvalue weighted by Gasteiger charge is 2.38. The Kier molecular flexibility index (Phi) is 4.81. The van der Waals surface area contributed by atoms with Gasteiger partial charge in [0.25, 0.3) is 0 Å². The van der Waals surface area contributed by atoms with E-state index in [-0.39, 0.29) is 6.04 Å². The molecule has 0 radical (unpaired) electrons. The van der Waals surface area contributed by atoms with Gasteiger partial charge < -0.3 is 10.6 Å². The van der Waals surface area contributed by atoms with E-state index in [0.29, 0.717) is 36.7 Å². The van der Waals surface area contributed by atoms with Gasteiger partial charge in [0.05, 0.1) is 5.56 Å². The zero-order valence-electron chi connectivity index (χ0n) is 12.6. The molecule has 0 heterocycles. The van der Waals surface area contributed by atoms with Crippen LogP contribution in [0, 0.1) is 5.92 Å². The first-order valence-electron chi connectivity index (χ1n) is 7.49. The van der Waals surface area contributed by atoms with Crippen LogP contribution in [0.5, 0.6) is 0 Å². The van der Waals surface area contributed by atoms with Crippen LogP contribution in [0.4, 0.5) is 18.9 Å². The largest absolute Gasteiger partial charge is 0.418 e. The van der Waals surface area contributed by atoms with Crippen LogP contribution in [0.25, 0.3) is 0 Å². The number of anilines is 1. The molecule has 2 rings (SSSR count). The van der Waals surface area contributed by atoms with Crippen molar-refractivity contribution in [1.82, 2.24) is 0 Å². The maximum absolute atomic E-state index is 13.4. The first kappa shape index (κ1) is 16.1. The molecule has 118 valence electrons. The average Bonchev–Trinajstić information content (AvgIpc) is 3.19. The highest BCUT2D eigenvalue weighted by atomic mass is 19.4. The van der Waals surface area contributed by atoms with Crippen LogP contribution in [0.2, 0.25) is 0 Å². The van der Waals surface area contributed by atoms with Crippen LogP contribution >= 0.6 is 0 Å². The molecule has 5 heteroatoms. The summed E-state index contributed by atoms with van der Waals surface area (Å²) in [4.78, 5) is 1.93. The van der Waals surface area contributed by atoms with Crippen molar-refractivity contribution in [1.29, 1.82) is 0 Å². The van der Waals surface area contributed by atoms with Gasteiger partial charge in [-0.3, -0.25) is 0 Å². The third kappa shape index (κ3) is 4.13. The lowest BCUT2D eigenvalue weighted by atomic mass is 10.0. The topological polar surface area (TPSA) is 29.3 Å². The van der Waals surface area contributed by atoms with Gasteiger partial charge in [-0.1, -0.05) is 19.9 Å². The molecule has 0 spiro atoms. The molecule has 0 atom stereocenters. The number of rotatable bonds is 6. The van der Waals surface area contributed by atoms with Crippen molar-refractivity contribution in [3.05, 3.63) is 29.3 Å². The second-order valence-corrected chi connectivity index (χ2v) is 6.17. The van der Waals surface area contributed by atoms with Crippen molar-refractivity contribution in [2.75, 3.05) is 18.0 Å². The summed E-state index contributed by atoms with van der Waals surface area (Å²) in [6.45, 7) is 5.08. The first-order chi connectivity index (χ1) is 9.82. The van der Waals surface area contributed by atoms with Crippen LogP contribution in [-0.4, -0.2) is 19.1 Å². The number of nitrogens with two attached hydrogens (primary N) is 1. The molecule has 0 bridgehead atoms. The normalized spacial score (nSPS) is 15.6. The predicted octanol–water partition coefficient (Wildman–Crippen LogP) is 3.83. The average molecular weight is 300 g/mol. The Balaban J connectivity index is 2.40. The summed E-state index contributed by atoms with van der Waals surface area (Å²) < 4.78 is 40.2. The molecule has 21 heavy (non-hydrogen) atoms. The predicted molar refractivity (Wildman–Crippen MR) is 79.4 cm³/mol. The fourth-order valence-electron chi connectivity index (χ4n) is 2.61. The van der Waals surface area contributed by atoms with E-state index in [9.17, 15) is 13.2 Å². The lowest BCUT2D eigenvalue weighted by Gasteiger charge is -2.29. The molecule has 0 saturated heterocycles. The summed E-state index contributed by atoms with van der Waals surface area (Å²) in [5.41, 5.74) is 5.89. The highest BCUT2D eigenvalue weighted by molar-refractivity contribution is 5.58. The smallest absolute Gasteiger partial charge is 0.368 e. The standard InChI is InChI=1S/C16H23F3N2/c1-11(2)10-21(13-4-5-13)15-6-3-12(7-8-20)9-14(15)16(17,18)19/h3,6,9,11,13H,4-5,7-8,10,20H2,1-2H3. The maximum atomic E-state index is 13.4. The van der Waals surface area contributed by atoms with Crippen LogP contribution < -0.4 is 10.6 Å². The second kappa shape index (κ2) is 6.26. The second-order valence-electron chi connectivity index (χ2n) is 6.17. The van der Waals surface area contributed by atoms with E-state index in [4.69, 9.17) is 5.73 Å². The molecule has 0 aliphatic heterocycles. The number of halogens is 3. The van der Waals surface area contributed by atoms with Gasteiger partial charge in [-0.15, -0.1) is 0 Å². The maximum Gasteiger partial charge on any atom is 0.418 e. The van der Waals surface area contributed by atoms with Crippen molar-refractivity contribution in [3.63, 3.8) is 0 Å². The number of hydrogen-bond acceptors (Lipinski definition) is 2. The minimum Gasteiger partial charge on any atom is -0.368 e. The molecule has 1 fully saturated rings. The molecular formula is C16H23F3N2. The van der Waals surface area contributed by atoms with E-state index in [1.165, 1.54) is 6.07 Å². The van der Waals surface area contributed by atoms with E-state index >= 15 is 0 Å². The number of benzene rings is 1. The van der Waals surface area contributed by atoms with Gasteiger partial charge in [0.2, 0.25) is 0 Å². The lowest BCUT2D eigenvalue weighted by molar-refractivity contribution is -0.137. The van der Waals surface area contributed by atoms with Crippen molar-refractivity contribution in [2.45, 2.75) is 45.3 Å². The summed E-state index contributed by atoms with van der Waals surface area (Å²) in [5, 5.41) is 0. The summed E-state index contributed by atoms with van der Waals surface area (Å²) in [6, 6.07) is 4.91. The van der Waals surface area contributed by atoms with Gasteiger partial charge in [-0.2, -0.15) is 13.2 Å². The van der Waals surface area contributed by atoms with E-state index in [0.717, 1.165) is 12.8 Å². The Hall–Kier alpha value is -1.23. The summed E-state index contributed by atoms with van der Waals surface area (Å²) >= 11 is 0. The lowest BCUT2D eigenvalue weighted by Crippen LogP contribution is -2.31. The molecule has 2 N–H and O–H groups in total. The Morgan fingerprint density at radius 3 is 2.43 bits per heavy atom. The minimum absolute atomic E-state index is 0.258. The Bertz CT molecular complexity index is 479. The van der Waals surface area contributed by atoms with Crippen LogP contribution in [-0.2, 0) is 12.6 Å². The molecular weight excluding hydrogens is 277 g/mol. The van der Waals surface area contributed by atoms with Gasteiger partial charge in [0.1, 0.15) is 0 Å². The number of nitrogens with zero attached hydrogens (tertiary/aromatic N) is 1. The van der Waals surface area contributed by atoms with Crippen LogP contribution in [0.15, 0.2) is 18.2 Å². The zero-order valence-corrected chi connectivity index (χ0v) is 12.6.